The molecular formula is C10H12BrClFNO2. The van der Waals surface area contributed by atoms with Crippen LogP contribution in [0, 0.1) is 5.82 Å². The van der Waals surface area contributed by atoms with Crippen LogP contribution in [0.2, 0.25) is 0 Å². The van der Waals surface area contributed by atoms with Gasteiger partial charge in [0.25, 0.3) is 0 Å². The average Bonchev–Trinajstić information content (AvgIpc) is 2.22. The summed E-state index contributed by atoms with van der Waals surface area (Å²) in [6.07, 6.45) is 0.261. The van der Waals surface area contributed by atoms with Gasteiger partial charge in [-0.2, -0.15) is 0 Å². The van der Waals surface area contributed by atoms with E-state index < -0.39 is 12.0 Å². The molecule has 0 saturated carbocycles. The normalized spacial score (nSPS) is 11.5. The Morgan fingerprint density at radius 1 is 1.62 bits per heavy atom. The van der Waals surface area contributed by atoms with Crippen molar-refractivity contribution in [1.82, 2.24) is 0 Å². The lowest BCUT2D eigenvalue weighted by molar-refractivity contribution is -0.142. The summed E-state index contributed by atoms with van der Waals surface area (Å²) in [6.45, 7) is 0. The van der Waals surface area contributed by atoms with Gasteiger partial charge in [0, 0.05) is 0 Å². The first-order valence-corrected chi connectivity index (χ1v) is 5.11. The first-order valence-electron chi connectivity index (χ1n) is 4.32. The van der Waals surface area contributed by atoms with Gasteiger partial charge in [0.1, 0.15) is 11.9 Å². The molecule has 16 heavy (non-hydrogen) atoms. The van der Waals surface area contributed by atoms with E-state index >= 15 is 0 Å². The second kappa shape index (κ2) is 6.83. The van der Waals surface area contributed by atoms with E-state index in [2.05, 4.69) is 20.7 Å². The lowest BCUT2D eigenvalue weighted by Gasteiger charge is -2.09. The number of nitrogens with two attached hydrogens (primary N) is 1. The van der Waals surface area contributed by atoms with Crippen molar-refractivity contribution >= 4 is 34.3 Å². The molecule has 1 aromatic rings. The minimum Gasteiger partial charge on any atom is -0.468 e. The minimum absolute atomic E-state index is 0. The van der Waals surface area contributed by atoms with Gasteiger partial charge in [0.15, 0.2) is 0 Å². The van der Waals surface area contributed by atoms with Gasteiger partial charge in [-0.25, -0.2) is 4.39 Å². The molecule has 0 radical (unpaired) electrons. The zero-order valence-electron chi connectivity index (χ0n) is 8.57. The molecule has 1 rings (SSSR count). The van der Waals surface area contributed by atoms with Crippen LogP contribution in [0.1, 0.15) is 5.56 Å². The van der Waals surface area contributed by atoms with Crippen molar-refractivity contribution in [3.63, 3.8) is 0 Å². The van der Waals surface area contributed by atoms with Gasteiger partial charge in [0.2, 0.25) is 0 Å². The first kappa shape index (κ1) is 15.3. The smallest absolute Gasteiger partial charge is 0.322 e. The summed E-state index contributed by atoms with van der Waals surface area (Å²) in [4.78, 5) is 11.0. The molecule has 0 aliphatic carbocycles. The second-order valence-corrected chi connectivity index (χ2v) is 3.94. The Bertz CT molecular complexity index is 376. The number of methoxy groups -OCH3 is 1. The van der Waals surface area contributed by atoms with Crippen LogP contribution in [0.15, 0.2) is 22.7 Å². The predicted octanol–water partition coefficient (Wildman–Crippen LogP) is 2.05. The summed E-state index contributed by atoms with van der Waals surface area (Å²) in [6, 6.07) is 3.87. The number of carbonyl (C=O) groups excluding carboxylic acids is 1. The van der Waals surface area contributed by atoms with E-state index in [9.17, 15) is 9.18 Å². The quantitative estimate of drug-likeness (QED) is 0.869. The Balaban J connectivity index is 0.00000225. The highest BCUT2D eigenvalue weighted by Crippen LogP contribution is 2.17. The first-order chi connectivity index (χ1) is 7.04. The fourth-order valence-electron chi connectivity index (χ4n) is 1.16. The standard InChI is InChI=1S/C10H11BrFNO2.ClH/c1-15-10(14)9(13)5-6-2-3-7(11)8(12)4-6;/h2-4,9H,5,13H2,1H3;1H. The van der Waals surface area contributed by atoms with Gasteiger partial charge in [-0.3, -0.25) is 4.79 Å². The molecule has 1 aromatic carbocycles. The molecule has 0 fully saturated rings. The molecule has 90 valence electrons. The monoisotopic (exact) mass is 311 g/mol. The average molecular weight is 313 g/mol. The fraction of sp³-hybridized carbons (Fsp3) is 0.300. The maximum atomic E-state index is 13.1. The molecule has 0 aliphatic heterocycles. The van der Waals surface area contributed by atoms with Crippen LogP contribution in [0.3, 0.4) is 0 Å². The molecule has 2 N–H and O–H groups in total. The molecule has 1 unspecified atom stereocenters. The summed E-state index contributed by atoms with van der Waals surface area (Å²) in [7, 11) is 1.27. The Morgan fingerprint density at radius 3 is 2.75 bits per heavy atom. The maximum Gasteiger partial charge on any atom is 0.322 e. The van der Waals surface area contributed by atoms with Crippen LogP contribution < -0.4 is 5.73 Å². The number of esters is 1. The lowest BCUT2D eigenvalue weighted by Crippen LogP contribution is -2.33. The minimum atomic E-state index is -0.754. The van der Waals surface area contributed by atoms with Gasteiger partial charge in [-0.1, -0.05) is 6.07 Å². The second-order valence-electron chi connectivity index (χ2n) is 3.08. The van der Waals surface area contributed by atoms with Crippen molar-refractivity contribution in [2.75, 3.05) is 7.11 Å². The van der Waals surface area contributed by atoms with Crippen LogP contribution in [0.5, 0.6) is 0 Å². The Hall–Kier alpha value is -0.650. The summed E-state index contributed by atoms with van der Waals surface area (Å²) < 4.78 is 18.0. The van der Waals surface area contributed by atoms with E-state index in [0.717, 1.165) is 0 Å². The van der Waals surface area contributed by atoms with Crippen molar-refractivity contribution in [2.45, 2.75) is 12.5 Å². The van der Waals surface area contributed by atoms with Gasteiger partial charge in [0.05, 0.1) is 11.6 Å². The Labute approximate surface area is 108 Å². The highest BCUT2D eigenvalue weighted by atomic mass is 79.9. The van der Waals surface area contributed by atoms with E-state index in [1.54, 1.807) is 12.1 Å². The third-order valence-corrected chi connectivity index (χ3v) is 2.59. The Kier molecular flexibility index (Phi) is 6.55. The van der Waals surface area contributed by atoms with Crippen LogP contribution >= 0.6 is 28.3 Å². The molecular weight excluding hydrogens is 300 g/mol. The molecule has 0 saturated heterocycles. The van der Waals surface area contributed by atoms with Crippen molar-refractivity contribution in [3.8, 4) is 0 Å². The van der Waals surface area contributed by atoms with Crippen molar-refractivity contribution < 1.29 is 13.9 Å². The lowest BCUT2D eigenvalue weighted by atomic mass is 10.1. The zero-order valence-corrected chi connectivity index (χ0v) is 11.0. The summed E-state index contributed by atoms with van der Waals surface area (Å²) in [5.74, 6) is -0.872. The van der Waals surface area contributed by atoms with Crippen LogP contribution in [0.25, 0.3) is 0 Å². The van der Waals surface area contributed by atoms with Gasteiger partial charge >= 0.3 is 5.97 Å². The number of rotatable bonds is 3. The number of halogens is 3. The van der Waals surface area contributed by atoms with Crippen molar-refractivity contribution in [2.24, 2.45) is 5.73 Å². The molecule has 6 heteroatoms. The van der Waals surface area contributed by atoms with E-state index in [4.69, 9.17) is 5.73 Å². The van der Waals surface area contributed by atoms with Crippen molar-refractivity contribution in [1.29, 1.82) is 0 Å². The van der Waals surface area contributed by atoms with E-state index in [1.165, 1.54) is 13.2 Å². The van der Waals surface area contributed by atoms with Crippen LogP contribution in [-0.2, 0) is 16.0 Å². The molecule has 0 aromatic heterocycles. The molecule has 0 heterocycles. The van der Waals surface area contributed by atoms with Gasteiger partial charge in [-0.15, -0.1) is 12.4 Å². The van der Waals surface area contributed by atoms with Crippen LogP contribution in [-0.4, -0.2) is 19.1 Å². The highest BCUT2D eigenvalue weighted by molar-refractivity contribution is 9.10. The molecule has 0 aliphatic rings. The summed E-state index contributed by atoms with van der Waals surface area (Å²) in [5, 5.41) is 0. The number of hydrogen-bond acceptors (Lipinski definition) is 3. The number of benzene rings is 1. The highest BCUT2D eigenvalue weighted by Gasteiger charge is 2.14. The zero-order chi connectivity index (χ0) is 11.4. The molecule has 0 amide bonds. The number of carbonyl (C=O) groups is 1. The van der Waals surface area contributed by atoms with E-state index in [0.29, 0.717) is 10.0 Å². The number of ether oxygens (including phenoxy) is 1. The summed E-state index contributed by atoms with van der Waals surface area (Å²) >= 11 is 3.04. The van der Waals surface area contributed by atoms with Gasteiger partial charge < -0.3 is 10.5 Å². The topological polar surface area (TPSA) is 52.3 Å². The molecule has 3 nitrogen and oxygen atoms in total. The van der Waals surface area contributed by atoms with Crippen LogP contribution in [0.4, 0.5) is 4.39 Å². The SMILES string of the molecule is COC(=O)C(N)Cc1ccc(Br)c(F)c1.Cl. The predicted molar refractivity (Wildman–Crippen MR) is 65.0 cm³/mol. The molecule has 1 atom stereocenters. The maximum absolute atomic E-state index is 13.1. The Morgan fingerprint density at radius 2 is 2.25 bits per heavy atom. The third-order valence-electron chi connectivity index (χ3n) is 1.94. The van der Waals surface area contributed by atoms with Gasteiger partial charge in [-0.05, 0) is 40.0 Å². The fourth-order valence-corrected chi connectivity index (χ4v) is 1.40. The molecule has 0 spiro atoms. The van der Waals surface area contributed by atoms with Crippen molar-refractivity contribution in [3.05, 3.63) is 34.1 Å². The number of hydrogen-bond donors (Lipinski definition) is 1. The van der Waals surface area contributed by atoms with E-state index in [-0.39, 0.29) is 24.6 Å². The van der Waals surface area contributed by atoms with E-state index in [1.807, 2.05) is 0 Å². The largest absolute Gasteiger partial charge is 0.468 e. The summed E-state index contributed by atoms with van der Waals surface area (Å²) in [5.41, 5.74) is 6.20. The third kappa shape index (κ3) is 4.08. The molecule has 0 bridgehead atoms.